The van der Waals surface area contributed by atoms with Crippen LogP contribution in [0.4, 0.5) is 5.69 Å². The lowest BCUT2D eigenvalue weighted by Gasteiger charge is -2.39. The molecule has 4 nitrogen and oxygen atoms in total. The summed E-state index contributed by atoms with van der Waals surface area (Å²) in [5.74, 6) is 0.387. The van der Waals surface area contributed by atoms with Crippen LogP contribution in [0, 0.1) is 0 Å². The highest BCUT2D eigenvalue weighted by atomic mass is 32.1. The van der Waals surface area contributed by atoms with Crippen molar-refractivity contribution in [2.45, 2.75) is 32.7 Å². The number of hydrogen-bond acceptors (Lipinski definition) is 3. The Balaban J connectivity index is 1.76. The van der Waals surface area contributed by atoms with E-state index in [4.69, 9.17) is 0 Å². The minimum atomic E-state index is -0.446. The van der Waals surface area contributed by atoms with Crippen LogP contribution in [0.1, 0.15) is 41.9 Å². The van der Waals surface area contributed by atoms with Crippen molar-refractivity contribution >= 4 is 28.8 Å². The van der Waals surface area contributed by atoms with E-state index >= 15 is 0 Å². The van der Waals surface area contributed by atoms with Crippen molar-refractivity contribution in [1.29, 1.82) is 0 Å². The second kappa shape index (κ2) is 6.77. The van der Waals surface area contributed by atoms with E-state index in [1.165, 1.54) is 16.9 Å². The zero-order valence-corrected chi connectivity index (χ0v) is 15.0. The molecule has 1 aromatic carbocycles. The van der Waals surface area contributed by atoms with E-state index in [1.807, 2.05) is 30.5 Å². The number of anilines is 1. The van der Waals surface area contributed by atoms with Gasteiger partial charge in [0.2, 0.25) is 5.91 Å². The second-order valence-electron chi connectivity index (χ2n) is 6.39. The van der Waals surface area contributed by atoms with Gasteiger partial charge in [-0.1, -0.05) is 32.0 Å². The van der Waals surface area contributed by atoms with Gasteiger partial charge < -0.3 is 9.80 Å². The Morgan fingerprint density at radius 3 is 2.46 bits per heavy atom. The van der Waals surface area contributed by atoms with Crippen molar-refractivity contribution in [2.24, 2.45) is 0 Å². The lowest BCUT2D eigenvalue weighted by Crippen LogP contribution is -2.57. The molecule has 3 rings (SSSR count). The molecule has 1 aromatic heterocycles. The van der Waals surface area contributed by atoms with Crippen LogP contribution in [0.3, 0.4) is 0 Å². The third kappa shape index (κ3) is 3.08. The normalized spacial score (nSPS) is 18.3. The summed E-state index contributed by atoms with van der Waals surface area (Å²) in [7, 11) is 0. The summed E-state index contributed by atoms with van der Waals surface area (Å²) in [5, 5.41) is 1.88. The van der Waals surface area contributed by atoms with Crippen LogP contribution in [0.2, 0.25) is 0 Å². The monoisotopic (exact) mass is 342 g/mol. The van der Waals surface area contributed by atoms with Gasteiger partial charge in [0, 0.05) is 18.8 Å². The molecule has 1 aliphatic heterocycles. The fourth-order valence-corrected chi connectivity index (χ4v) is 3.66. The van der Waals surface area contributed by atoms with Gasteiger partial charge in [0.25, 0.3) is 5.91 Å². The molecule has 5 heteroatoms. The van der Waals surface area contributed by atoms with Gasteiger partial charge >= 0.3 is 0 Å². The van der Waals surface area contributed by atoms with Crippen molar-refractivity contribution in [3.05, 3.63) is 52.2 Å². The summed E-state index contributed by atoms with van der Waals surface area (Å²) in [4.78, 5) is 29.5. The molecule has 126 valence electrons. The number of carbonyl (C=O) groups is 2. The first-order chi connectivity index (χ1) is 11.5. The van der Waals surface area contributed by atoms with Crippen molar-refractivity contribution < 1.29 is 9.59 Å². The molecule has 0 N–H and O–H groups in total. The van der Waals surface area contributed by atoms with E-state index in [1.54, 1.807) is 15.9 Å². The van der Waals surface area contributed by atoms with Crippen LogP contribution in [0.5, 0.6) is 0 Å². The number of thiophene rings is 1. The molecule has 24 heavy (non-hydrogen) atoms. The lowest BCUT2D eigenvalue weighted by molar-refractivity contribution is -0.124. The van der Waals surface area contributed by atoms with Gasteiger partial charge in [-0.3, -0.25) is 9.59 Å². The largest absolute Gasteiger partial charge is 0.324 e. The summed E-state index contributed by atoms with van der Waals surface area (Å²) in [6.45, 7) is 7.19. The molecule has 1 aliphatic rings. The zero-order valence-electron chi connectivity index (χ0n) is 14.2. The Morgan fingerprint density at radius 2 is 1.88 bits per heavy atom. The summed E-state index contributed by atoms with van der Waals surface area (Å²) in [6.07, 6.45) is 0. The minimum absolute atomic E-state index is 0.0246. The first-order valence-corrected chi connectivity index (χ1v) is 9.13. The molecule has 0 saturated carbocycles. The number of nitrogens with zero attached hydrogens (tertiary/aromatic N) is 2. The molecule has 1 atom stereocenters. The predicted octanol–water partition coefficient (Wildman–Crippen LogP) is 3.75. The molecular formula is C19H22N2O2S. The molecule has 1 fully saturated rings. The summed E-state index contributed by atoms with van der Waals surface area (Å²) < 4.78 is 0. The van der Waals surface area contributed by atoms with Gasteiger partial charge in [-0.25, -0.2) is 0 Å². The Bertz CT molecular complexity index is 722. The van der Waals surface area contributed by atoms with Crippen LogP contribution in [0.25, 0.3) is 0 Å². The summed E-state index contributed by atoms with van der Waals surface area (Å²) in [6, 6.07) is 11.4. The summed E-state index contributed by atoms with van der Waals surface area (Å²) in [5.41, 5.74) is 2.16. The minimum Gasteiger partial charge on any atom is -0.324 e. The van der Waals surface area contributed by atoms with E-state index in [2.05, 4.69) is 26.0 Å². The quantitative estimate of drug-likeness (QED) is 0.852. The number of carbonyl (C=O) groups excluding carboxylic acids is 2. The Kier molecular flexibility index (Phi) is 4.71. The number of rotatable bonds is 3. The van der Waals surface area contributed by atoms with Gasteiger partial charge in [-0.15, -0.1) is 11.3 Å². The number of amides is 2. The van der Waals surface area contributed by atoms with Crippen LogP contribution in [0.15, 0.2) is 41.8 Å². The first kappa shape index (κ1) is 16.7. The molecule has 0 spiro atoms. The average molecular weight is 342 g/mol. The van der Waals surface area contributed by atoms with Gasteiger partial charge in [-0.05, 0) is 42.0 Å². The molecule has 2 amide bonds. The maximum absolute atomic E-state index is 12.8. The highest BCUT2D eigenvalue weighted by molar-refractivity contribution is 7.12. The van der Waals surface area contributed by atoms with Gasteiger partial charge in [0.1, 0.15) is 6.04 Å². The van der Waals surface area contributed by atoms with E-state index in [0.717, 1.165) is 5.69 Å². The van der Waals surface area contributed by atoms with E-state index in [0.29, 0.717) is 23.9 Å². The molecule has 1 saturated heterocycles. The second-order valence-corrected chi connectivity index (χ2v) is 7.34. The average Bonchev–Trinajstić information content (AvgIpc) is 3.11. The Hall–Kier alpha value is -2.14. The number of hydrogen-bond donors (Lipinski definition) is 0. The Labute approximate surface area is 146 Å². The molecule has 2 heterocycles. The van der Waals surface area contributed by atoms with E-state index < -0.39 is 6.04 Å². The Morgan fingerprint density at radius 1 is 1.17 bits per heavy atom. The van der Waals surface area contributed by atoms with Crippen LogP contribution < -0.4 is 4.90 Å². The molecular weight excluding hydrogens is 320 g/mol. The lowest BCUT2D eigenvalue weighted by atomic mass is 10.0. The van der Waals surface area contributed by atoms with Crippen molar-refractivity contribution in [3.63, 3.8) is 0 Å². The molecule has 1 unspecified atom stereocenters. The van der Waals surface area contributed by atoms with Gasteiger partial charge in [-0.2, -0.15) is 0 Å². The predicted molar refractivity (Wildman–Crippen MR) is 97.7 cm³/mol. The van der Waals surface area contributed by atoms with Crippen LogP contribution in [-0.4, -0.2) is 35.8 Å². The number of piperazine rings is 1. The van der Waals surface area contributed by atoms with Crippen molar-refractivity contribution in [3.8, 4) is 0 Å². The van der Waals surface area contributed by atoms with Crippen molar-refractivity contribution in [2.75, 3.05) is 18.0 Å². The number of benzene rings is 1. The van der Waals surface area contributed by atoms with Crippen molar-refractivity contribution in [1.82, 2.24) is 4.90 Å². The van der Waals surface area contributed by atoms with Crippen LogP contribution >= 0.6 is 11.3 Å². The standard InChI is InChI=1S/C19H22N2O2S/c1-13(2)15-6-8-16(9-7-15)21-11-10-20(14(3)18(21)22)19(23)17-5-4-12-24-17/h4-9,12-14H,10-11H2,1-3H3. The fraction of sp³-hybridized carbons (Fsp3) is 0.368. The maximum Gasteiger partial charge on any atom is 0.264 e. The SMILES string of the molecule is CC(C)c1ccc(N2CCN(C(=O)c3cccs3)C(C)C2=O)cc1. The fourth-order valence-electron chi connectivity index (χ4n) is 2.99. The maximum atomic E-state index is 12.8. The van der Waals surface area contributed by atoms with Gasteiger partial charge in [0.15, 0.2) is 0 Å². The van der Waals surface area contributed by atoms with Crippen LogP contribution in [-0.2, 0) is 4.79 Å². The third-order valence-electron chi connectivity index (χ3n) is 4.52. The highest BCUT2D eigenvalue weighted by Gasteiger charge is 2.35. The van der Waals surface area contributed by atoms with Gasteiger partial charge in [0.05, 0.1) is 4.88 Å². The first-order valence-electron chi connectivity index (χ1n) is 8.25. The van der Waals surface area contributed by atoms with E-state index in [9.17, 15) is 9.59 Å². The molecule has 0 aliphatic carbocycles. The molecule has 0 bridgehead atoms. The third-order valence-corrected chi connectivity index (χ3v) is 5.38. The molecule has 0 radical (unpaired) electrons. The van der Waals surface area contributed by atoms with E-state index in [-0.39, 0.29) is 11.8 Å². The smallest absolute Gasteiger partial charge is 0.264 e. The summed E-state index contributed by atoms with van der Waals surface area (Å²) >= 11 is 1.41. The topological polar surface area (TPSA) is 40.6 Å². The zero-order chi connectivity index (χ0) is 17.3. The molecule has 2 aromatic rings. The highest BCUT2D eigenvalue weighted by Crippen LogP contribution is 2.25.